The second-order valence-electron chi connectivity index (χ2n) is 6.12. The summed E-state index contributed by atoms with van der Waals surface area (Å²) >= 11 is 0. The Morgan fingerprint density at radius 3 is 3.00 bits per heavy atom. The van der Waals surface area contributed by atoms with Crippen molar-refractivity contribution in [3.63, 3.8) is 0 Å². The molecule has 5 heteroatoms. The van der Waals surface area contributed by atoms with Crippen molar-refractivity contribution in [1.82, 2.24) is 5.32 Å². The van der Waals surface area contributed by atoms with Crippen molar-refractivity contribution < 1.29 is 14.3 Å². The molecule has 23 heavy (non-hydrogen) atoms. The van der Waals surface area contributed by atoms with E-state index in [1.165, 1.54) is 11.3 Å². The van der Waals surface area contributed by atoms with Crippen molar-refractivity contribution in [3.05, 3.63) is 53.5 Å². The molecule has 0 saturated heterocycles. The molecule has 0 spiro atoms. The number of fused-ring (bicyclic) bond motifs is 1. The van der Waals surface area contributed by atoms with Crippen molar-refractivity contribution in [2.45, 2.75) is 38.9 Å². The molecule has 0 saturated carbocycles. The SMILES string of the molecule is CC(CO)NC(=O)c1ccoc1CN1c2ccccc2CC1C. The van der Waals surface area contributed by atoms with Gasteiger partial charge in [-0.25, -0.2) is 0 Å². The van der Waals surface area contributed by atoms with Gasteiger partial charge in [0.1, 0.15) is 5.76 Å². The average Bonchev–Trinajstić information content (AvgIpc) is 3.13. The number of hydrogen-bond acceptors (Lipinski definition) is 4. The minimum Gasteiger partial charge on any atom is -0.467 e. The lowest BCUT2D eigenvalue weighted by Gasteiger charge is -2.24. The molecule has 1 aromatic heterocycles. The first kappa shape index (κ1) is 15.6. The smallest absolute Gasteiger partial charge is 0.255 e. The number of para-hydroxylation sites is 1. The van der Waals surface area contributed by atoms with Gasteiger partial charge in [-0.05, 0) is 38.0 Å². The van der Waals surface area contributed by atoms with Crippen LogP contribution in [-0.4, -0.2) is 29.7 Å². The fourth-order valence-electron chi connectivity index (χ4n) is 3.04. The number of amides is 1. The van der Waals surface area contributed by atoms with E-state index in [4.69, 9.17) is 9.52 Å². The standard InChI is InChI=1S/C18H22N2O3/c1-12(11-21)19-18(22)15-7-8-23-17(15)10-20-13(2)9-14-5-3-4-6-16(14)20/h3-8,12-13,21H,9-11H2,1-2H3,(H,19,22). The van der Waals surface area contributed by atoms with Gasteiger partial charge in [-0.1, -0.05) is 18.2 Å². The van der Waals surface area contributed by atoms with Crippen LogP contribution in [0.5, 0.6) is 0 Å². The number of anilines is 1. The first-order chi connectivity index (χ1) is 11.1. The third-order valence-electron chi connectivity index (χ3n) is 4.30. The van der Waals surface area contributed by atoms with E-state index >= 15 is 0 Å². The molecule has 5 nitrogen and oxygen atoms in total. The summed E-state index contributed by atoms with van der Waals surface area (Å²) in [4.78, 5) is 14.6. The van der Waals surface area contributed by atoms with E-state index in [0.717, 1.165) is 6.42 Å². The molecule has 0 bridgehead atoms. The molecule has 0 fully saturated rings. The first-order valence-electron chi connectivity index (χ1n) is 7.92. The quantitative estimate of drug-likeness (QED) is 0.889. The number of carbonyl (C=O) groups is 1. The van der Waals surface area contributed by atoms with Crippen molar-refractivity contribution in [3.8, 4) is 0 Å². The summed E-state index contributed by atoms with van der Waals surface area (Å²) in [7, 11) is 0. The van der Waals surface area contributed by atoms with E-state index in [1.807, 2.05) is 6.07 Å². The highest BCUT2D eigenvalue weighted by Crippen LogP contribution is 2.33. The number of hydrogen-bond donors (Lipinski definition) is 2. The molecular formula is C18H22N2O3. The number of aliphatic hydroxyl groups excluding tert-OH is 1. The molecule has 1 amide bonds. The summed E-state index contributed by atoms with van der Waals surface area (Å²) < 4.78 is 5.56. The zero-order chi connectivity index (χ0) is 16.4. The summed E-state index contributed by atoms with van der Waals surface area (Å²) in [5, 5.41) is 11.8. The van der Waals surface area contributed by atoms with Gasteiger partial charge in [0.15, 0.2) is 0 Å². The van der Waals surface area contributed by atoms with Crippen LogP contribution in [0.25, 0.3) is 0 Å². The Labute approximate surface area is 135 Å². The Morgan fingerprint density at radius 2 is 2.22 bits per heavy atom. The van der Waals surface area contributed by atoms with Crippen LogP contribution < -0.4 is 10.2 Å². The van der Waals surface area contributed by atoms with Crippen LogP contribution in [0, 0.1) is 0 Å². The predicted octanol–water partition coefficient (Wildman–Crippen LogP) is 2.34. The van der Waals surface area contributed by atoms with E-state index < -0.39 is 0 Å². The summed E-state index contributed by atoms with van der Waals surface area (Å²) in [5.41, 5.74) is 3.06. The molecule has 1 aliphatic heterocycles. The van der Waals surface area contributed by atoms with Crippen LogP contribution in [0.15, 0.2) is 41.0 Å². The van der Waals surface area contributed by atoms with Crippen LogP contribution in [0.2, 0.25) is 0 Å². The van der Waals surface area contributed by atoms with E-state index in [-0.39, 0.29) is 18.6 Å². The summed E-state index contributed by atoms with van der Waals surface area (Å²) in [5.74, 6) is 0.437. The molecule has 2 atom stereocenters. The van der Waals surface area contributed by atoms with Crippen molar-refractivity contribution in [2.75, 3.05) is 11.5 Å². The van der Waals surface area contributed by atoms with Gasteiger partial charge in [-0.3, -0.25) is 4.79 Å². The molecule has 2 unspecified atom stereocenters. The number of furan rings is 1. The van der Waals surface area contributed by atoms with E-state index in [0.29, 0.717) is 23.9 Å². The van der Waals surface area contributed by atoms with Gasteiger partial charge in [-0.2, -0.15) is 0 Å². The second-order valence-corrected chi connectivity index (χ2v) is 6.12. The predicted molar refractivity (Wildman–Crippen MR) is 88.5 cm³/mol. The second kappa shape index (κ2) is 6.46. The van der Waals surface area contributed by atoms with Crippen LogP contribution in [0.1, 0.15) is 35.5 Å². The fraction of sp³-hybridized carbons (Fsp3) is 0.389. The van der Waals surface area contributed by atoms with Gasteiger partial charge in [0.05, 0.1) is 25.0 Å². The van der Waals surface area contributed by atoms with Gasteiger partial charge in [0.2, 0.25) is 0 Å². The van der Waals surface area contributed by atoms with Gasteiger partial charge < -0.3 is 19.7 Å². The number of nitrogens with zero attached hydrogens (tertiary/aromatic N) is 1. The van der Waals surface area contributed by atoms with Crippen LogP contribution >= 0.6 is 0 Å². The molecule has 3 rings (SSSR count). The maximum Gasteiger partial charge on any atom is 0.255 e. The lowest BCUT2D eigenvalue weighted by atomic mass is 10.1. The van der Waals surface area contributed by atoms with Gasteiger partial charge >= 0.3 is 0 Å². The Bertz CT molecular complexity index is 695. The number of aliphatic hydroxyl groups is 1. The lowest BCUT2D eigenvalue weighted by molar-refractivity contribution is 0.0920. The molecular weight excluding hydrogens is 292 g/mol. The Hall–Kier alpha value is -2.27. The van der Waals surface area contributed by atoms with Gasteiger partial charge in [0.25, 0.3) is 5.91 Å². The first-order valence-corrected chi connectivity index (χ1v) is 7.92. The van der Waals surface area contributed by atoms with E-state index in [1.54, 1.807) is 19.3 Å². The highest BCUT2D eigenvalue weighted by molar-refractivity contribution is 5.95. The summed E-state index contributed by atoms with van der Waals surface area (Å²) in [6, 6.07) is 10.1. The molecule has 0 radical (unpaired) electrons. The van der Waals surface area contributed by atoms with Gasteiger partial charge in [-0.15, -0.1) is 0 Å². The number of benzene rings is 1. The normalized spacial score (nSPS) is 17.9. The number of rotatable bonds is 5. The topological polar surface area (TPSA) is 65.7 Å². The largest absolute Gasteiger partial charge is 0.467 e. The van der Waals surface area contributed by atoms with Crippen molar-refractivity contribution in [2.24, 2.45) is 0 Å². The zero-order valence-corrected chi connectivity index (χ0v) is 13.5. The molecule has 2 N–H and O–H groups in total. The van der Waals surface area contributed by atoms with Crippen molar-refractivity contribution >= 4 is 11.6 Å². The van der Waals surface area contributed by atoms with Crippen molar-refractivity contribution in [1.29, 1.82) is 0 Å². The Morgan fingerprint density at radius 1 is 1.43 bits per heavy atom. The Kier molecular flexibility index (Phi) is 4.39. The Balaban J connectivity index is 1.80. The van der Waals surface area contributed by atoms with Crippen LogP contribution in [0.3, 0.4) is 0 Å². The van der Waals surface area contributed by atoms with E-state index in [9.17, 15) is 4.79 Å². The lowest BCUT2D eigenvalue weighted by Crippen LogP contribution is -2.36. The molecule has 0 aliphatic carbocycles. The van der Waals surface area contributed by atoms with Gasteiger partial charge in [0, 0.05) is 17.8 Å². The highest BCUT2D eigenvalue weighted by atomic mass is 16.3. The maximum absolute atomic E-state index is 12.3. The average molecular weight is 314 g/mol. The van der Waals surface area contributed by atoms with E-state index in [2.05, 4.69) is 35.3 Å². The molecule has 2 aromatic rings. The highest BCUT2D eigenvalue weighted by Gasteiger charge is 2.28. The zero-order valence-electron chi connectivity index (χ0n) is 13.5. The molecule has 1 aliphatic rings. The third kappa shape index (κ3) is 3.10. The monoisotopic (exact) mass is 314 g/mol. The summed E-state index contributed by atoms with van der Waals surface area (Å²) in [6.45, 7) is 4.41. The third-order valence-corrected chi connectivity index (χ3v) is 4.30. The fourth-order valence-corrected chi connectivity index (χ4v) is 3.04. The molecule has 2 heterocycles. The summed E-state index contributed by atoms with van der Waals surface area (Å²) in [6.07, 6.45) is 2.54. The maximum atomic E-state index is 12.3. The number of carbonyl (C=O) groups excluding carboxylic acids is 1. The minimum absolute atomic E-state index is 0.0878. The minimum atomic E-state index is -0.281. The molecule has 1 aromatic carbocycles. The molecule has 122 valence electrons. The van der Waals surface area contributed by atoms with Crippen LogP contribution in [-0.2, 0) is 13.0 Å². The number of nitrogens with one attached hydrogen (secondary N) is 1. The van der Waals surface area contributed by atoms with Crippen LogP contribution in [0.4, 0.5) is 5.69 Å².